The van der Waals surface area contributed by atoms with E-state index < -0.39 is 12.0 Å². The van der Waals surface area contributed by atoms with E-state index in [0.29, 0.717) is 33.9 Å². The normalized spacial score (nSPS) is 16.7. The van der Waals surface area contributed by atoms with Crippen LogP contribution in [0.15, 0.2) is 46.5 Å². The van der Waals surface area contributed by atoms with Gasteiger partial charge in [0.1, 0.15) is 23.8 Å². The van der Waals surface area contributed by atoms with E-state index in [1.165, 1.54) is 24.8 Å². The van der Waals surface area contributed by atoms with E-state index in [1.54, 1.807) is 24.5 Å². The van der Waals surface area contributed by atoms with E-state index in [-0.39, 0.29) is 12.4 Å². The van der Waals surface area contributed by atoms with Crippen LogP contribution in [0.2, 0.25) is 0 Å². The summed E-state index contributed by atoms with van der Waals surface area (Å²) in [7, 11) is 0. The van der Waals surface area contributed by atoms with Crippen molar-refractivity contribution in [3.63, 3.8) is 0 Å². The molecular weight excluding hydrogens is 327 g/mol. The Labute approximate surface area is 142 Å². The standard InChI is InChI=1S/C17H15FN4O3/c1-3-25-16(23)14-9(2)20-17-21-11-6-10(18)4-5-13(11)22(17)15(14)12-7-24-8-19-12/h4-8,15H,3H2,1-2H3,(H,20,21). The Kier molecular flexibility index (Phi) is 3.52. The van der Waals surface area contributed by atoms with Crippen LogP contribution in [0.25, 0.3) is 11.0 Å². The zero-order chi connectivity index (χ0) is 17.6. The second kappa shape index (κ2) is 5.73. The number of allylic oxidation sites excluding steroid dienone is 1. The number of rotatable bonds is 3. The number of ether oxygens (including phenoxy) is 1. The predicted octanol–water partition coefficient (Wildman–Crippen LogP) is 3.02. The van der Waals surface area contributed by atoms with Gasteiger partial charge in [-0.15, -0.1) is 0 Å². The second-order valence-electron chi connectivity index (χ2n) is 5.64. The van der Waals surface area contributed by atoms with Gasteiger partial charge in [-0.3, -0.25) is 4.57 Å². The number of imidazole rings is 1. The first-order valence-electron chi connectivity index (χ1n) is 7.80. The van der Waals surface area contributed by atoms with Crippen LogP contribution in [0.4, 0.5) is 10.3 Å². The monoisotopic (exact) mass is 342 g/mol. The highest BCUT2D eigenvalue weighted by molar-refractivity contribution is 5.93. The summed E-state index contributed by atoms with van der Waals surface area (Å²) in [4.78, 5) is 21.2. The lowest BCUT2D eigenvalue weighted by Crippen LogP contribution is -2.29. The van der Waals surface area contributed by atoms with Gasteiger partial charge in [0.25, 0.3) is 0 Å². The summed E-state index contributed by atoms with van der Waals surface area (Å²) in [6, 6.07) is 3.75. The molecule has 0 saturated carbocycles. The van der Waals surface area contributed by atoms with Crippen molar-refractivity contribution in [3.8, 4) is 0 Å². The van der Waals surface area contributed by atoms with E-state index in [2.05, 4.69) is 15.3 Å². The van der Waals surface area contributed by atoms with Gasteiger partial charge in [-0.1, -0.05) is 0 Å². The molecule has 0 aliphatic carbocycles. The molecule has 0 bridgehead atoms. The number of nitrogens with zero attached hydrogens (tertiary/aromatic N) is 3. The summed E-state index contributed by atoms with van der Waals surface area (Å²) in [5.74, 6) is -0.328. The zero-order valence-electron chi connectivity index (χ0n) is 13.6. The maximum atomic E-state index is 13.6. The molecule has 0 radical (unpaired) electrons. The highest BCUT2D eigenvalue weighted by Gasteiger charge is 2.36. The number of carbonyl (C=O) groups is 1. The molecule has 1 aliphatic rings. The van der Waals surface area contributed by atoms with Crippen molar-refractivity contribution in [2.24, 2.45) is 0 Å². The molecule has 8 heteroatoms. The molecule has 1 unspecified atom stereocenters. The number of oxazole rings is 1. The van der Waals surface area contributed by atoms with Gasteiger partial charge < -0.3 is 14.5 Å². The van der Waals surface area contributed by atoms with Gasteiger partial charge in [-0.2, -0.15) is 0 Å². The van der Waals surface area contributed by atoms with Gasteiger partial charge in [-0.25, -0.2) is 19.2 Å². The summed E-state index contributed by atoms with van der Waals surface area (Å²) in [6.07, 6.45) is 2.77. The summed E-state index contributed by atoms with van der Waals surface area (Å²) in [5, 5.41) is 3.10. The Balaban J connectivity index is 1.97. The Hall–Kier alpha value is -3.16. The lowest BCUT2D eigenvalue weighted by molar-refractivity contribution is -0.139. The van der Waals surface area contributed by atoms with Crippen LogP contribution in [0, 0.1) is 5.82 Å². The van der Waals surface area contributed by atoms with Gasteiger partial charge in [0, 0.05) is 11.8 Å². The number of benzene rings is 1. The number of hydrogen-bond acceptors (Lipinski definition) is 6. The lowest BCUT2D eigenvalue weighted by Gasteiger charge is -2.28. The Morgan fingerprint density at radius 2 is 2.32 bits per heavy atom. The third-order valence-electron chi connectivity index (χ3n) is 4.11. The topological polar surface area (TPSA) is 82.2 Å². The van der Waals surface area contributed by atoms with Crippen LogP contribution in [0.1, 0.15) is 25.6 Å². The molecule has 1 aliphatic heterocycles. The van der Waals surface area contributed by atoms with Crippen molar-refractivity contribution >= 4 is 23.0 Å². The molecule has 3 heterocycles. The molecule has 7 nitrogen and oxygen atoms in total. The first kappa shape index (κ1) is 15.4. The number of aromatic nitrogens is 3. The first-order chi connectivity index (χ1) is 12.1. The Bertz CT molecular complexity index is 991. The fraction of sp³-hybridized carbons (Fsp3) is 0.235. The molecule has 0 spiro atoms. The third kappa shape index (κ3) is 2.37. The lowest BCUT2D eigenvalue weighted by atomic mass is 10.00. The summed E-state index contributed by atoms with van der Waals surface area (Å²) < 4.78 is 25.7. The summed E-state index contributed by atoms with van der Waals surface area (Å²) >= 11 is 0. The van der Waals surface area contributed by atoms with Crippen LogP contribution < -0.4 is 5.32 Å². The van der Waals surface area contributed by atoms with Crippen molar-refractivity contribution < 1.29 is 18.3 Å². The number of nitrogens with one attached hydrogen (secondary N) is 1. The molecule has 1 atom stereocenters. The van der Waals surface area contributed by atoms with Crippen LogP contribution in [-0.2, 0) is 9.53 Å². The van der Waals surface area contributed by atoms with Crippen LogP contribution in [0.3, 0.4) is 0 Å². The van der Waals surface area contributed by atoms with Crippen LogP contribution >= 0.6 is 0 Å². The highest BCUT2D eigenvalue weighted by Crippen LogP contribution is 2.38. The second-order valence-corrected chi connectivity index (χ2v) is 5.64. The Morgan fingerprint density at radius 3 is 3.04 bits per heavy atom. The number of esters is 1. The molecule has 0 saturated heterocycles. The fourth-order valence-corrected chi connectivity index (χ4v) is 3.10. The molecule has 1 N–H and O–H groups in total. The number of fused-ring (bicyclic) bond motifs is 3. The maximum Gasteiger partial charge on any atom is 0.338 e. The molecule has 4 rings (SSSR count). The largest absolute Gasteiger partial charge is 0.463 e. The SMILES string of the molecule is CCOC(=O)C1=C(C)Nc2nc3cc(F)ccc3n2C1c1cocn1. The summed E-state index contributed by atoms with van der Waals surface area (Å²) in [5.41, 5.74) is 2.70. The van der Waals surface area contributed by atoms with Gasteiger partial charge in [0.05, 0.1) is 23.2 Å². The maximum absolute atomic E-state index is 13.6. The minimum atomic E-state index is -0.579. The minimum Gasteiger partial charge on any atom is -0.463 e. The first-order valence-corrected chi connectivity index (χ1v) is 7.80. The van der Waals surface area contributed by atoms with Crippen molar-refractivity contribution in [2.45, 2.75) is 19.9 Å². The van der Waals surface area contributed by atoms with Crippen LogP contribution in [0.5, 0.6) is 0 Å². The van der Waals surface area contributed by atoms with Gasteiger partial charge in [-0.05, 0) is 26.0 Å². The number of halogens is 1. The molecule has 1 aromatic carbocycles. The molecule has 0 fully saturated rings. The van der Waals surface area contributed by atoms with Gasteiger partial charge >= 0.3 is 5.97 Å². The predicted molar refractivity (Wildman–Crippen MR) is 87.3 cm³/mol. The van der Waals surface area contributed by atoms with Gasteiger partial charge in [0.15, 0.2) is 6.39 Å². The zero-order valence-corrected chi connectivity index (χ0v) is 13.6. The number of carbonyl (C=O) groups excluding carboxylic acids is 1. The average molecular weight is 342 g/mol. The van der Waals surface area contributed by atoms with Crippen LogP contribution in [-0.4, -0.2) is 27.1 Å². The molecule has 128 valence electrons. The molecular formula is C17H15FN4O3. The van der Waals surface area contributed by atoms with E-state index >= 15 is 0 Å². The molecule has 3 aromatic rings. The summed E-state index contributed by atoms with van der Waals surface area (Å²) in [6.45, 7) is 3.77. The van der Waals surface area contributed by atoms with E-state index in [9.17, 15) is 9.18 Å². The average Bonchev–Trinajstić information content (AvgIpc) is 3.20. The van der Waals surface area contributed by atoms with Crippen molar-refractivity contribution in [3.05, 3.63) is 53.6 Å². The highest BCUT2D eigenvalue weighted by atomic mass is 19.1. The fourth-order valence-electron chi connectivity index (χ4n) is 3.10. The smallest absolute Gasteiger partial charge is 0.338 e. The molecule has 25 heavy (non-hydrogen) atoms. The van der Waals surface area contributed by atoms with E-state index in [1.807, 2.05) is 0 Å². The molecule has 0 amide bonds. The third-order valence-corrected chi connectivity index (χ3v) is 4.11. The minimum absolute atomic E-state index is 0.254. The Morgan fingerprint density at radius 1 is 1.48 bits per heavy atom. The molecule has 2 aromatic heterocycles. The van der Waals surface area contributed by atoms with Crippen molar-refractivity contribution in [1.29, 1.82) is 0 Å². The van der Waals surface area contributed by atoms with E-state index in [0.717, 1.165) is 0 Å². The van der Waals surface area contributed by atoms with Crippen molar-refractivity contribution in [1.82, 2.24) is 14.5 Å². The quantitative estimate of drug-likeness (QED) is 0.737. The van der Waals surface area contributed by atoms with E-state index in [4.69, 9.17) is 9.15 Å². The number of anilines is 1. The number of hydrogen-bond donors (Lipinski definition) is 1. The van der Waals surface area contributed by atoms with Gasteiger partial charge in [0.2, 0.25) is 5.95 Å². The van der Waals surface area contributed by atoms with Crippen molar-refractivity contribution in [2.75, 3.05) is 11.9 Å².